The topological polar surface area (TPSA) is 58.5 Å². The van der Waals surface area contributed by atoms with Gasteiger partial charge < -0.3 is 21.3 Å². The van der Waals surface area contributed by atoms with Crippen molar-refractivity contribution in [2.24, 2.45) is 11.1 Å². The summed E-state index contributed by atoms with van der Waals surface area (Å²) in [5.74, 6) is 0. The molecule has 2 rings (SSSR count). The second-order valence-corrected chi connectivity index (χ2v) is 7.81. The van der Waals surface area contributed by atoms with Gasteiger partial charge in [-0.1, -0.05) is 18.2 Å². The maximum atomic E-state index is 15.3. The normalized spacial score (nSPS) is 26.8. The summed E-state index contributed by atoms with van der Waals surface area (Å²) < 4.78 is 15.3. The van der Waals surface area contributed by atoms with Crippen molar-refractivity contribution in [1.82, 2.24) is 4.90 Å². The van der Waals surface area contributed by atoms with Gasteiger partial charge in [-0.05, 0) is 45.9 Å². The first-order chi connectivity index (χ1) is 12.0. The summed E-state index contributed by atoms with van der Waals surface area (Å²) in [4.78, 5) is 4.24. The number of nitrogens with two attached hydrogens (primary N) is 2. The molecule has 3 unspecified atom stereocenters. The predicted molar refractivity (Wildman–Crippen MR) is 110 cm³/mol. The third kappa shape index (κ3) is 3.73. The standard InChI is InChI=1S/C21H33FN4/c1-7-25(5)19-18(15(2)23)21(4,22)13-12-20(19,3)14-26(6)17-11-9-8-10-16(17)24/h8-13,15H,7,14,23-24H2,1-6H3. The molecule has 0 spiro atoms. The zero-order chi connectivity index (χ0) is 19.7. The third-order valence-electron chi connectivity index (χ3n) is 5.31. The Labute approximate surface area is 157 Å². The second kappa shape index (κ2) is 7.31. The van der Waals surface area contributed by atoms with Crippen molar-refractivity contribution < 1.29 is 4.39 Å². The summed E-state index contributed by atoms with van der Waals surface area (Å²) in [7, 11) is 4.02. The van der Waals surface area contributed by atoms with Crippen molar-refractivity contribution in [3.8, 4) is 0 Å². The molecule has 144 valence electrons. The molecule has 0 saturated heterocycles. The Balaban J connectivity index is 2.52. The largest absolute Gasteiger partial charge is 0.397 e. The summed E-state index contributed by atoms with van der Waals surface area (Å²) in [6.45, 7) is 9.10. The van der Waals surface area contributed by atoms with E-state index >= 15 is 4.39 Å². The minimum Gasteiger partial charge on any atom is -0.397 e. The number of alkyl halides is 1. The van der Waals surface area contributed by atoms with Crippen LogP contribution in [0.4, 0.5) is 15.8 Å². The molecule has 5 heteroatoms. The molecule has 4 N–H and O–H groups in total. The first-order valence-electron chi connectivity index (χ1n) is 9.20. The van der Waals surface area contributed by atoms with E-state index in [0.717, 1.165) is 23.6 Å². The number of halogens is 1. The van der Waals surface area contributed by atoms with Gasteiger partial charge in [0.05, 0.1) is 11.4 Å². The lowest BCUT2D eigenvalue weighted by Crippen LogP contribution is -2.47. The van der Waals surface area contributed by atoms with Gasteiger partial charge in [-0.3, -0.25) is 0 Å². The van der Waals surface area contributed by atoms with E-state index in [0.29, 0.717) is 12.1 Å². The molecule has 0 saturated carbocycles. The zero-order valence-electron chi connectivity index (χ0n) is 16.9. The Morgan fingerprint density at radius 2 is 1.73 bits per heavy atom. The third-order valence-corrected chi connectivity index (χ3v) is 5.31. The van der Waals surface area contributed by atoms with Crippen LogP contribution in [0.25, 0.3) is 0 Å². The van der Waals surface area contributed by atoms with Crippen LogP contribution in [-0.2, 0) is 0 Å². The molecule has 1 aromatic rings. The Hall–Kier alpha value is -2.01. The van der Waals surface area contributed by atoms with Crippen LogP contribution < -0.4 is 16.4 Å². The number of allylic oxidation sites excluding steroid dienone is 1. The van der Waals surface area contributed by atoms with Gasteiger partial charge in [-0.2, -0.15) is 0 Å². The Morgan fingerprint density at radius 3 is 2.27 bits per heavy atom. The molecule has 3 atom stereocenters. The van der Waals surface area contributed by atoms with Gasteiger partial charge in [0.15, 0.2) is 5.67 Å². The molecular formula is C21H33FN4. The highest BCUT2D eigenvalue weighted by Gasteiger charge is 2.43. The van der Waals surface area contributed by atoms with E-state index in [1.807, 2.05) is 51.4 Å². The molecule has 0 bridgehead atoms. The summed E-state index contributed by atoms with van der Waals surface area (Å²) >= 11 is 0. The van der Waals surface area contributed by atoms with Crippen LogP contribution in [0.5, 0.6) is 0 Å². The fourth-order valence-corrected chi connectivity index (χ4v) is 4.05. The highest BCUT2D eigenvalue weighted by Crippen LogP contribution is 2.45. The summed E-state index contributed by atoms with van der Waals surface area (Å²) in [5, 5.41) is 0. The summed E-state index contributed by atoms with van der Waals surface area (Å²) in [6.07, 6.45) is 3.64. The molecule has 0 amide bonds. The second-order valence-electron chi connectivity index (χ2n) is 7.81. The first kappa shape index (κ1) is 20.3. The number of hydrogen-bond donors (Lipinski definition) is 2. The van der Waals surface area contributed by atoms with E-state index < -0.39 is 5.67 Å². The van der Waals surface area contributed by atoms with Crippen molar-refractivity contribution in [3.63, 3.8) is 0 Å². The molecule has 0 aliphatic heterocycles. The molecular weight excluding hydrogens is 327 g/mol. The van der Waals surface area contributed by atoms with Crippen LogP contribution >= 0.6 is 0 Å². The van der Waals surface area contributed by atoms with Gasteiger partial charge in [0, 0.05) is 49.9 Å². The van der Waals surface area contributed by atoms with Gasteiger partial charge in [0.2, 0.25) is 0 Å². The molecule has 0 fully saturated rings. The van der Waals surface area contributed by atoms with Crippen molar-refractivity contribution in [2.45, 2.75) is 39.4 Å². The van der Waals surface area contributed by atoms with Gasteiger partial charge in [-0.15, -0.1) is 0 Å². The van der Waals surface area contributed by atoms with Crippen molar-refractivity contribution in [2.75, 3.05) is 37.8 Å². The highest BCUT2D eigenvalue weighted by molar-refractivity contribution is 5.67. The minimum atomic E-state index is -1.54. The average molecular weight is 361 g/mol. The van der Waals surface area contributed by atoms with Gasteiger partial charge in [-0.25, -0.2) is 4.39 Å². The number of benzene rings is 1. The van der Waals surface area contributed by atoms with Crippen LogP contribution in [0.1, 0.15) is 27.7 Å². The zero-order valence-corrected chi connectivity index (χ0v) is 16.9. The summed E-state index contributed by atoms with van der Waals surface area (Å²) in [5.41, 5.74) is 13.8. The van der Waals surface area contributed by atoms with E-state index in [4.69, 9.17) is 11.5 Å². The van der Waals surface area contributed by atoms with Gasteiger partial charge >= 0.3 is 0 Å². The average Bonchev–Trinajstić information content (AvgIpc) is 2.56. The minimum absolute atomic E-state index is 0.370. The number of rotatable bonds is 6. The fourth-order valence-electron chi connectivity index (χ4n) is 4.05. The van der Waals surface area contributed by atoms with Crippen molar-refractivity contribution >= 4 is 11.4 Å². The van der Waals surface area contributed by atoms with Crippen LogP contribution in [0.2, 0.25) is 0 Å². The smallest absolute Gasteiger partial charge is 0.150 e. The van der Waals surface area contributed by atoms with Crippen molar-refractivity contribution in [1.29, 1.82) is 0 Å². The van der Waals surface area contributed by atoms with Crippen molar-refractivity contribution in [3.05, 3.63) is 47.7 Å². The first-order valence-corrected chi connectivity index (χ1v) is 9.20. The molecule has 0 heterocycles. The SMILES string of the molecule is CCN(C)C1=C(C(C)N)C(C)(F)C=CC1(C)CN(C)c1ccccc1N. The Kier molecular flexibility index (Phi) is 5.71. The Morgan fingerprint density at radius 1 is 1.12 bits per heavy atom. The quantitative estimate of drug-likeness (QED) is 0.601. The number of nitrogen functional groups attached to an aromatic ring is 1. The molecule has 1 aromatic carbocycles. The van der Waals surface area contributed by atoms with Gasteiger partial charge in [0.1, 0.15) is 0 Å². The Bertz CT molecular complexity index is 708. The van der Waals surface area contributed by atoms with Gasteiger partial charge in [0.25, 0.3) is 0 Å². The van der Waals surface area contributed by atoms with Crippen LogP contribution in [0.15, 0.2) is 47.7 Å². The number of para-hydroxylation sites is 2. The lowest BCUT2D eigenvalue weighted by atomic mass is 9.72. The molecule has 26 heavy (non-hydrogen) atoms. The molecule has 4 nitrogen and oxygen atoms in total. The number of nitrogens with zero attached hydrogens (tertiary/aromatic N) is 2. The van der Waals surface area contributed by atoms with E-state index in [-0.39, 0.29) is 11.5 Å². The van der Waals surface area contributed by atoms with E-state index in [1.54, 1.807) is 13.0 Å². The molecule has 0 radical (unpaired) electrons. The number of hydrogen-bond acceptors (Lipinski definition) is 4. The monoisotopic (exact) mass is 360 g/mol. The van der Waals surface area contributed by atoms with Crippen LogP contribution in [0.3, 0.4) is 0 Å². The number of anilines is 2. The van der Waals surface area contributed by atoms with Crippen LogP contribution in [-0.4, -0.2) is 43.8 Å². The highest BCUT2D eigenvalue weighted by atomic mass is 19.1. The predicted octanol–water partition coefficient (Wildman–Crippen LogP) is 3.56. The maximum absolute atomic E-state index is 15.3. The van der Waals surface area contributed by atoms with E-state index in [2.05, 4.69) is 23.6 Å². The van der Waals surface area contributed by atoms with E-state index in [1.165, 1.54) is 0 Å². The van der Waals surface area contributed by atoms with E-state index in [9.17, 15) is 0 Å². The molecule has 1 aliphatic carbocycles. The lowest BCUT2D eigenvalue weighted by Gasteiger charge is -2.46. The lowest BCUT2D eigenvalue weighted by molar-refractivity contribution is 0.241. The summed E-state index contributed by atoms with van der Waals surface area (Å²) in [6, 6.07) is 7.43. The fraction of sp³-hybridized carbons (Fsp3) is 0.524. The maximum Gasteiger partial charge on any atom is 0.150 e. The van der Waals surface area contributed by atoms with Crippen LogP contribution in [0, 0.1) is 5.41 Å². The molecule has 0 aromatic heterocycles. The molecule has 1 aliphatic rings.